The van der Waals surface area contributed by atoms with E-state index in [2.05, 4.69) is 74.6 Å². The van der Waals surface area contributed by atoms with Crippen molar-refractivity contribution < 1.29 is 23.9 Å². The molecule has 11 heteroatoms. The molecule has 354 valence electrons. The Kier molecular flexibility index (Phi) is 19.6. The van der Waals surface area contributed by atoms with Crippen LogP contribution in [0.5, 0.6) is 0 Å². The van der Waals surface area contributed by atoms with Gasteiger partial charge in [-0.1, -0.05) is 157 Å². The molecule has 0 amide bonds. The molecule has 3 aliphatic rings. The van der Waals surface area contributed by atoms with E-state index in [0.29, 0.717) is 52.6 Å². The summed E-state index contributed by atoms with van der Waals surface area (Å²) in [5, 5.41) is 10.00. The average Bonchev–Trinajstić information content (AvgIpc) is 4.02. The standard InChI is InChI=1S/C55H74N4O5S.Mg/c1-12-38-35(8)42-27-43-36(9)40(23-24-48(60)64-26-25-34(7)22-16-21-33(6)20-15-19-32(5)18-14-17-31(3)4)52(58-43)50-51(55(62)63-11)54(61)49-37(10)44(59-53(49)50)28-46-39(13-2)41(30-65)47(57-46)29-45(38)56-42;/h12,25,28-33,36,40,43,51-52H,1,13-24,26-27H2,2-11H3,(H,61,65);/q-4;+2/b34-25+,47-29-;/t32-,33-,36+,40+,43?,51-,52?;/m1./s1. The Morgan fingerprint density at radius 3 is 2.23 bits per heavy atom. The minimum Gasteiger partial charge on any atom is -0.661 e. The van der Waals surface area contributed by atoms with Crippen molar-refractivity contribution in [3.05, 3.63) is 89.7 Å². The van der Waals surface area contributed by atoms with Crippen LogP contribution in [-0.2, 0) is 31.9 Å². The molecule has 2 unspecified atom stereocenters. The van der Waals surface area contributed by atoms with Crippen LogP contribution in [0.15, 0.2) is 18.2 Å². The zero-order valence-corrected chi connectivity index (χ0v) is 43.9. The van der Waals surface area contributed by atoms with Crippen LogP contribution in [0, 0.1) is 49.4 Å². The van der Waals surface area contributed by atoms with Gasteiger partial charge in [0.15, 0.2) is 5.78 Å². The monoisotopic (exact) mass is 927 g/mol. The topological polar surface area (TPSA) is 126 Å². The van der Waals surface area contributed by atoms with E-state index < -0.39 is 17.9 Å². The first-order valence-electron chi connectivity index (χ1n) is 24.4. The third-order valence-corrected chi connectivity index (χ3v) is 15.0. The predicted molar refractivity (Wildman–Crippen MR) is 272 cm³/mol. The van der Waals surface area contributed by atoms with Gasteiger partial charge in [0.2, 0.25) is 0 Å². The molecular weight excluding hydrogens is 853 g/mol. The Balaban J connectivity index is 0.00000817. The maximum Gasteiger partial charge on any atom is 2.00 e. The molecule has 3 aromatic rings. The van der Waals surface area contributed by atoms with Gasteiger partial charge in [0.1, 0.15) is 12.5 Å². The van der Waals surface area contributed by atoms with Crippen LogP contribution in [0.1, 0.15) is 169 Å². The smallest absolute Gasteiger partial charge is 0.661 e. The van der Waals surface area contributed by atoms with E-state index in [-0.39, 0.29) is 65.7 Å². The van der Waals surface area contributed by atoms with Gasteiger partial charge in [-0.25, -0.2) is 0 Å². The van der Waals surface area contributed by atoms with Gasteiger partial charge < -0.3 is 29.7 Å². The van der Waals surface area contributed by atoms with Gasteiger partial charge in [-0.3, -0.25) is 14.4 Å². The molecule has 0 aromatic carbocycles. The number of aromatic nitrogens is 3. The van der Waals surface area contributed by atoms with Gasteiger partial charge in [0.05, 0.1) is 7.11 Å². The zero-order valence-electron chi connectivity index (χ0n) is 41.6. The number of esters is 2. The van der Waals surface area contributed by atoms with Crippen molar-refractivity contribution in [1.29, 1.82) is 0 Å². The normalized spacial score (nSPS) is 22.4. The zero-order chi connectivity index (χ0) is 47.1. The van der Waals surface area contributed by atoms with Crippen molar-refractivity contribution in [2.75, 3.05) is 13.7 Å². The van der Waals surface area contributed by atoms with Crippen LogP contribution in [0.25, 0.3) is 34.5 Å². The molecule has 0 N–H and O–H groups in total. The summed E-state index contributed by atoms with van der Waals surface area (Å²) in [4.78, 5) is 56.9. The number of ether oxygens (including phenoxy) is 2. The molecule has 66 heavy (non-hydrogen) atoms. The molecule has 6 rings (SSSR count). The number of methoxy groups -OCH3 is 1. The van der Waals surface area contributed by atoms with Crippen LogP contribution in [0.3, 0.4) is 0 Å². The molecule has 1 aliphatic carbocycles. The van der Waals surface area contributed by atoms with E-state index in [0.717, 1.165) is 69.0 Å². The van der Waals surface area contributed by atoms with Crippen LogP contribution >= 0.6 is 12.6 Å². The second-order valence-corrected chi connectivity index (χ2v) is 20.1. The molecule has 5 heterocycles. The number of carbonyl (C=O) groups excluding carboxylic acids is 3. The molecule has 2 aliphatic heterocycles. The van der Waals surface area contributed by atoms with Crippen molar-refractivity contribution in [3.8, 4) is 0 Å². The summed E-state index contributed by atoms with van der Waals surface area (Å²) in [6.07, 6.45) is 21.0. The summed E-state index contributed by atoms with van der Waals surface area (Å²) in [5.41, 5.74) is 8.30. The number of nitrogens with zero attached hydrogens (tertiary/aromatic N) is 4. The van der Waals surface area contributed by atoms with Crippen molar-refractivity contribution in [2.45, 2.75) is 158 Å². The van der Waals surface area contributed by atoms with Gasteiger partial charge in [0.25, 0.3) is 0 Å². The van der Waals surface area contributed by atoms with Crippen LogP contribution in [0.2, 0.25) is 0 Å². The van der Waals surface area contributed by atoms with Crippen molar-refractivity contribution >= 4 is 82.6 Å². The summed E-state index contributed by atoms with van der Waals surface area (Å²) < 4.78 is 11.1. The number of carbonyl (C=O) groups is 3. The van der Waals surface area contributed by atoms with E-state index >= 15 is 0 Å². The predicted octanol–water partition coefficient (Wildman–Crippen LogP) is 8.10. The summed E-state index contributed by atoms with van der Waals surface area (Å²) >= 11 is 4.60. The molecular formula is C55H74MgN4O5S-2. The third-order valence-electron chi connectivity index (χ3n) is 14.8. The number of hydrogen-bond donors (Lipinski definition) is 1. The Morgan fingerprint density at radius 2 is 1.59 bits per heavy atom. The second-order valence-electron chi connectivity index (χ2n) is 19.9. The number of allylic oxidation sites excluding steroid dienone is 1. The van der Waals surface area contributed by atoms with Gasteiger partial charge >= 0.3 is 35.0 Å². The van der Waals surface area contributed by atoms with E-state index in [1.165, 1.54) is 57.6 Å². The Bertz CT molecular complexity index is 2510. The summed E-state index contributed by atoms with van der Waals surface area (Å²) in [6, 6.07) is -0.775. The fourth-order valence-corrected chi connectivity index (χ4v) is 11.0. The van der Waals surface area contributed by atoms with Crippen LogP contribution < -0.4 is 36.2 Å². The first-order valence-corrected chi connectivity index (χ1v) is 25.0. The van der Waals surface area contributed by atoms with E-state index in [1.807, 2.05) is 31.2 Å². The fraction of sp³-hybridized carbons (Fsp3) is 0.582. The Morgan fingerprint density at radius 1 is 0.924 bits per heavy atom. The number of rotatable bonds is 20. The Hall–Kier alpha value is -3.51. The van der Waals surface area contributed by atoms with Crippen LogP contribution in [-0.4, -0.2) is 66.6 Å². The van der Waals surface area contributed by atoms with Gasteiger partial charge in [0, 0.05) is 12.0 Å². The van der Waals surface area contributed by atoms with E-state index in [1.54, 1.807) is 5.41 Å². The maximum absolute atomic E-state index is 14.4. The quantitative estimate of drug-likeness (QED) is 0.0397. The van der Waals surface area contributed by atoms with Gasteiger partial charge in [-0.2, -0.15) is 18.3 Å². The number of Topliss-reactive ketones (excluding diaryl/α,β-unsaturated/α-hetero) is 1. The first-order chi connectivity index (χ1) is 31.1. The number of fused-ring (bicyclic) bond motifs is 8. The Labute approximate surface area is 415 Å². The van der Waals surface area contributed by atoms with Gasteiger partial charge in [-0.15, -0.1) is 39.5 Å². The van der Waals surface area contributed by atoms with Crippen molar-refractivity contribution in [2.24, 2.45) is 35.5 Å². The summed E-state index contributed by atoms with van der Waals surface area (Å²) in [7, 11) is 1.31. The molecule has 0 saturated carbocycles. The van der Waals surface area contributed by atoms with Crippen molar-refractivity contribution in [3.63, 3.8) is 0 Å². The van der Waals surface area contributed by atoms with E-state index in [9.17, 15) is 14.4 Å². The molecule has 1 saturated heterocycles. The largest absolute Gasteiger partial charge is 2.00 e. The van der Waals surface area contributed by atoms with E-state index in [4.69, 9.17) is 29.7 Å². The fourth-order valence-electron chi connectivity index (χ4n) is 10.7. The molecule has 8 bridgehead atoms. The van der Waals surface area contributed by atoms with Crippen molar-refractivity contribution in [1.82, 2.24) is 15.0 Å². The number of hydrogen-bond acceptors (Lipinski definition) is 6. The minimum atomic E-state index is -1.17. The molecule has 3 aromatic heterocycles. The molecule has 0 spiro atoms. The first kappa shape index (κ1) is 53.4. The second kappa shape index (κ2) is 24.2. The third kappa shape index (κ3) is 12.0. The molecule has 7 atom stereocenters. The molecule has 9 nitrogen and oxygen atoms in total. The summed E-state index contributed by atoms with van der Waals surface area (Å²) in [5.74, 6) is -0.280. The minimum absolute atomic E-state index is 0. The van der Waals surface area contributed by atoms with Crippen LogP contribution in [0.4, 0.5) is 0 Å². The number of thiol groups is 1. The van der Waals surface area contributed by atoms with Gasteiger partial charge in [-0.05, 0) is 86.5 Å². The molecule has 1 fully saturated rings. The maximum atomic E-state index is 14.4. The number of ketones is 1. The SMILES string of the molecule is C=Cc1c2[n-]c(c1C)CC1[N-]C(C3=c4[n-]/c(c(C)c4C(=O)[C@@H]3C(=O)OC)=C\c3[n-]c(/c(=C\S)c3CC)=C\2)[C@@H](CCC(=O)OC/C=C(\C)CCC[C@H](C)CCC[C@H](C)CCCC(C)C)[C@@H]1C.[Mg+2]. The molecule has 0 radical (unpaired) electrons. The average molecular weight is 928 g/mol. The summed E-state index contributed by atoms with van der Waals surface area (Å²) in [6.45, 7) is 24.1.